The number of nitrogens with zero attached hydrogens (tertiary/aromatic N) is 4. The summed E-state index contributed by atoms with van der Waals surface area (Å²) in [5, 5.41) is 20.2. The Morgan fingerprint density at radius 2 is 2.10 bits per heavy atom. The Morgan fingerprint density at radius 3 is 2.65 bits per heavy atom. The number of likely N-dealkylation sites (N-methyl/N-ethyl adjacent to an activating group) is 1. The normalized spacial score (nSPS) is 18.4. The second-order valence-electron chi connectivity index (χ2n) is 4.85. The van der Waals surface area contributed by atoms with Crippen molar-refractivity contribution in [1.82, 2.24) is 9.80 Å². The van der Waals surface area contributed by atoms with Gasteiger partial charge in [-0.15, -0.1) is 0 Å². The lowest BCUT2D eigenvalue weighted by Crippen LogP contribution is -2.47. The Balaban J connectivity index is 2.15. The summed E-state index contributed by atoms with van der Waals surface area (Å²) in [6.07, 6.45) is 0. The summed E-state index contributed by atoms with van der Waals surface area (Å²) in [7, 11) is 0. The van der Waals surface area contributed by atoms with Gasteiger partial charge in [0, 0.05) is 38.3 Å². The van der Waals surface area contributed by atoms with Gasteiger partial charge >= 0.3 is 0 Å². The van der Waals surface area contributed by atoms with E-state index in [-0.39, 0.29) is 5.69 Å². The van der Waals surface area contributed by atoms with Gasteiger partial charge in [-0.1, -0.05) is 19.1 Å². The Hall–Kier alpha value is -1.97. The van der Waals surface area contributed by atoms with E-state index in [1.54, 1.807) is 12.1 Å². The summed E-state index contributed by atoms with van der Waals surface area (Å²) in [6.45, 7) is 6.64. The Bertz CT molecular complexity index is 518. The van der Waals surface area contributed by atoms with E-state index in [1.807, 2.05) is 0 Å². The van der Waals surface area contributed by atoms with Crippen molar-refractivity contribution in [3.05, 3.63) is 39.9 Å². The summed E-state index contributed by atoms with van der Waals surface area (Å²) in [5.74, 6) is 0. The molecule has 6 heteroatoms. The summed E-state index contributed by atoms with van der Waals surface area (Å²) in [6, 6.07) is 8.24. The molecule has 0 N–H and O–H groups in total. The van der Waals surface area contributed by atoms with Gasteiger partial charge in [0.2, 0.25) is 0 Å². The van der Waals surface area contributed by atoms with Crippen LogP contribution >= 0.6 is 0 Å². The molecule has 1 fully saturated rings. The Labute approximate surface area is 118 Å². The molecule has 0 saturated carbocycles. The summed E-state index contributed by atoms with van der Waals surface area (Å²) < 4.78 is 0. The van der Waals surface area contributed by atoms with Crippen molar-refractivity contribution in [2.45, 2.75) is 13.0 Å². The number of nitro groups is 1. The number of benzene rings is 1. The van der Waals surface area contributed by atoms with Crippen LogP contribution in [0.15, 0.2) is 24.3 Å². The maximum absolute atomic E-state index is 10.8. The molecule has 1 unspecified atom stereocenters. The van der Waals surface area contributed by atoms with E-state index in [0.29, 0.717) is 5.56 Å². The van der Waals surface area contributed by atoms with Crippen LogP contribution in [-0.4, -0.2) is 47.4 Å². The minimum Gasteiger partial charge on any atom is -0.301 e. The minimum absolute atomic E-state index is 0.0370. The molecule has 0 radical (unpaired) electrons. The molecule has 106 valence electrons. The highest BCUT2D eigenvalue weighted by molar-refractivity contribution is 5.37. The number of rotatable bonds is 4. The summed E-state index contributed by atoms with van der Waals surface area (Å²) >= 11 is 0. The highest BCUT2D eigenvalue weighted by Crippen LogP contribution is 2.24. The van der Waals surface area contributed by atoms with Gasteiger partial charge < -0.3 is 4.90 Å². The molecule has 1 aliphatic heterocycles. The van der Waals surface area contributed by atoms with Crippen molar-refractivity contribution in [2.75, 3.05) is 32.7 Å². The number of non-ortho nitro benzene ring substituents is 1. The highest BCUT2D eigenvalue weighted by atomic mass is 16.6. The van der Waals surface area contributed by atoms with Crippen LogP contribution in [-0.2, 0) is 0 Å². The van der Waals surface area contributed by atoms with Crippen molar-refractivity contribution in [3.63, 3.8) is 0 Å². The van der Waals surface area contributed by atoms with Crippen molar-refractivity contribution in [3.8, 4) is 6.07 Å². The second-order valence-corrected chi connectivity index (χ2v) is 4.85. The van der Waals surface area contributed by atoms with E-state index in [4.69, 9.17) is 0 Å². The van der Waals surface area contributed by atoms with Gasteiger partial charge in [0.05, 0.1) is 11.0 Å². The maximum Gasteiger partial charge on any atom is 0.269 e. The van der Waals surface area contributed by atoms with Gasteiger partial charge in [-0.25, -0.2) is 0 Å². The van der Waals surface area contributed by atoms with Crippen molar-refractivity contribution in [1.29, 1.82) is 5.26 Å². The molecule has 0 amide bonds. The number of nitriles is 1. The van der Waals surface area contributed by atoms with Crippen LogP contribution < -0.4 is 0 Å². The molecular weight excluding hydrogens is 256 g/mol. The van der Waals surface area contributed by atoms with Crippen LogP contribution in [0.5, 0.6) is 0 Å². The zero-order chi connectivity index (χ0) is 14.5. The standard InChI is InChI=1S/C14H18N4O2/c1-2-16-6-8-17(9-7-16)14(11-15)12-4-3-5-13(10-12)18(19)20/h3-5,10,14H,2,6-9H2,1H3. The van der Waals surface area contributed by atoms with Gasteiger partial charge in [0.15, 0.2) is 0 Å². The average molecular weight is 274 g/mol. The van der Waals surface area contributed by atoms with E-state index < -0.39 is 11.0 Å². The van der Waals surface area contributed by atoms with Gasteiger partial charge in [0.1, 0.15) is 6.04 Å². The fourth-order valence-corrected chi connectivity index (χ4v) is 2.51. The minimum atomic E-state index is -0.424. The smallest absolute Gasteiger partial charge is 0.269 e. The van der Waals surface area contributed by atoms with Crippen LogP contribution in [0.3, 0.4) is 0 Å². The lowest BCUT2D eigenvalue weighted by molar-refractivity contribution is -0.384. The van der Waals surface area contributed by atoms with Crippen LogP contribution in [0, 0.1) is 21.4 Å². The number of nitro benzene ring substituents is 1. The van der Waals surface area contributed by atoms with E-state index in [9.17, 15) is 15.4 Å². The van der Waals surface area contributed by atoms with Crippen molar-refractivity contribution >= 4 is 5.69 Å². The van der Waals surface area contributed by atoms with Crippen LogP contribution in [0.25, 0.3) is 0 Å². The molecule has 1 saturated heterocycles. The zero-order valence-electron chi connectivity index (χ0n) is 11.5. The highest BCUT2D eigenvalue weighted by Gasteiger charge is 2.25. The average Bonchev–Trinajstić information content (AvgIpc) is 2.49. The lowest BCUT2D eigenvalue weighted by Gasteiger charge is -2.36. The number of hydrogen-bond donors (Lipinski definition) is 0. The molecule has 0 bridgehead atoms. The topological polar surface area (TPSA) is 73.4 Å². The van der Waals surface area contributed by atoms with E-state index in [2.05, 4.69) is 22.8 Å². The number of hydrogen-bond acceptors (Lipinski definition) is 5. The molecular formula is C14H18N4O2. The molecule has 1 aromatic carbocycles. The SMILES string of the molecule is CCN1CCN(C(C#N)c2cccc([N+](=O)[O-])c2)CC1. The van der Waals surface area contributed by atoms with E-state index >= 15 is 0 Å². The fraction of sp³-hybridized carbons (Fsp3) is 0.500. The van der Waals surface area contributed by atoms with E-state index in [1.165, 1.54) is 12.1 Å². The molecule has 0 spiro atoms. The third kappa shape index (κ3) is 3.13. The summed E-state index contributed by atoms with van der Waals surface area (Å²) in [4.78, 5) is 14.8. The first-order valence-corrected chi connectivity index (χ1v) is 6.76. The van der Waals surface area contributed by atoms with Gasteiger partial charge in [0.25, 0.3) is 5.69 Å². The van der Waals surface area contributed by atoms with Crippen molar-refractivity contribution in [2.24, 2.45) is 0 Å². The molecule has 6 nitrogen and oxygen atoms in total. The molecule has 2 rings (SSSR count). The molecule has 0 aliphatic carbocycles. The third-order valence-electron chi connectivity index (χ3n) is 3.74. The predicted molar refractivity (Wildman–Crippen MR) is 75.1 cm³/mol. The maximum atomic E-state index is 10.8. The molecule has 1 heterocycles. The first-order valence-electron chi connectivity index (χ1n) is 6.76. The van der Waals surface area contributed by atoms with Crippen LogP contribution in [0.2, 0.25) is 0 Å². The molecule has 20 heavy (non-hydrogen) atoms. The quantitative estimate of drug-likeness (QED) is 0.618. The van der Waals surface area contributed by atoms with Gasteiger partial charge in [-0.3, -0.25) is 15.0 Å². The fourth-order valence-electron chi connectivity index (χ4n) is 2.51. The first kappa shape index (κ1) is 14.4. The van der Waals surface area contributed by atoms with Crippen LogP contribution in [0.4, 0.5) is 5.69 Å². The molecule has 1 aromatic rings. The Morgan fingerprint density at radius 1 is 1.40 bits per heavy atom. The van der Waals surface area contributed by atoms with Gasteiger partial charge in [-0.05, 0) is 12.1 Å². The molecule has 1 atom stereocenters. The van der Waals surface area contributed by atoms with E-state index in [0.717, 1.165) is 32.7 Å². The van der Waals surface area contributed by atoms with Gasteiger partial charge in [-0.2, -0.15) is 5.26 Å². The Kier molecular flexibility index (Phi) is 4.66. The second kappa shape index (κ2) is 6.46. The first-order chi connectivity index (χ1) is 9.65. The number of piperazine rings is 1. The van der Waals surface area contributed by atoms with Crippen molar-refractivity contribution < 1.29 is 4.92 Å². The summed E-state index contributed by atoms with van der Waals surface area (Å²) in [5.41, 5.74) is 0.738. The zero-order valence-corrected chi connectivity index (χ0v) is 11.5. The van der Waals surface area contributed by atoms with Crippen LogP contribution in [0.1, 0.15) is 18.5 Å². The third-order valence-corrected chi connectivity index (χ3v) is 3.74. The molecule has 0 aromatic heterocycles. The predicted octanol–water partition coefficient (Wildman–Crippen LogP) is 1.80. The lowest BCUT2D eigenvalue weighted by atomic mass is 10.0. The largest absolute Gasteiger partial charge is 0.301 e. The molecule has 1 aliphatic rings. The monoisotopic (exact) mass is 274 g/mol.